The summed E-state index contributed by atoms with van der Waals surface area (Å²) in [4.78, 5) is 51.7. The SMILES string of the molecule is CCC=CCC=CCC=CCC=CCC=CCCCC(=O)NCCCCC(NC(=O)C[C@H](O)C[C@H](O)CCn1c(-c2ccc(F)cc2)c(-c2ccccc2)c(C(=O)Nc2ccccc2)c1C(C)C)C(=O)O. The van der Waals surface area contributed by atoms with Gasteiger partial charge in [0.25, 0.3) is 5.91 Å². The monoisotopic (exact) mass is 971 g/mol. The first kappa shape index (κ1) is 57.0. The molecule has 71 heavy (non-hydrogen) atoms. The molecule has 3 atom stereocenters. The van der Waals surface area contributed by atoms with Crippen LogP contribution in [-0.4, -0.2) is 68.4 Å². The number of amides is 3. The number of carboxylic acids is 1. The number of hydrogen-bond donors (Lipinski definition) is 6. The summed E-state index contributed by atoms with van der Waals surface area (Å²) >= 11 is 0. The number of unbranched alkanes of at least 4 members (excludes halogenated alkanes) is 2. The smallest absolute Gasteiger partial charge is 0.326 e. The van der Waals surface area contributed by atoms with Gasteiger partial charge in [0, 0.05) is 36.5 Å². The van der Waals surface area contributed by atoms with E-state index in [1.807, 2.05) is 66.9 Å². The maximum absolute atomic E-state index is 14.4. The molecule has 12 heteroatoms. The number of carbonyl (C=O) groups is 4. The second-order valence-corrected chi connectivity index (χ2v) is 17.9. The van der Waals surface area contributed by atoms with Crippen LogP contribution in [0.1, 0.15) is 133 Å². The molecule has 3 aromatic carbocycles. The van der Waals surface area contributed by atoms with Crippen molar-refractivity contribution in [2.45, 2.75) is 141 Å². The summed E-state index contributed by atoms with van der Waals surface area (Å²) in [6.07, 6.45) is 26.5. The molecule has 0 saturated carbocycles. The van der Waals surface area contributed by atoms with Crippen molar-refractivity contribution < 1.29 is 38.9 Å². The van der Waals surface area contributed by atoms with E-state index in [0.29, 0.717) is 59.6 Å². The van der Waals surface area contributed by atoms with Gasteiger partial charge in [-0.3, -0.25) is 14.4 Å². The van der Waals surface area contributed by atoms with Crippen LogP contribution in [0.2, 0.25) is 0 Å². The average molecular weight is 971 g/mol. The summed E-state index contributed by atoms with van der Waals surface area (Å²) in [6.45, 7) is 6.69. The topological polar surface area (TPSA) is 170 Å². The number of aromatic nitrogens is 1. The minimum Gasteiger partial charge on any atom is -0.480 e. The number of allylic oxidation sites excluding steroid dienone is 10. The van der Waals surface area contributed by atoms with Gasteiger partial charge >= 0.3 is 5.97 Å². The van der Waals surface area contributed by atoms with Crippen LogP contribution in [0.25, 0.3) is 22.4 Å². The Morgan fingerprint density at radius 1 is 0.676 bits per heavy atom. The van der Waals surface area contributed by atoms with E-state index in [9.17, 15) is 38.9 Å². The molecule has 380 valence electrons. The van der Waals surface area contributed by atoms with E-state index in [-0.39, 0.29) is 43.5 Å². The molecule has 0 radical (unpaired) electrons. The van der Waals surface area contributed by atoms with Gasteiger partial charge in [0.15, 0.2) is 0 Å². The number of aliphatic hydroxyl groups excluding tert-OH is 2. The number of carbonyl (C=O) groups excluding carboxylic acids is 3. The number of carboxylic acid groups (broad SMARTS) is 1. The Morgan fingerprint density at radius 3 is 1.86 bits per heavy atom. The second kappa shape index (κ2) is 32.3. The molecule has 1 unspecified atom stereocenters. The fraction of sp³-hybridized carbons (Fsp3) is 0.390. The summed E-state index contributed by atoms with van der Waals surface area (Å²) < 4.78 is 16.3. The van der Waals surface area contributed by atoms with Gasteiger partial charge in [-0.05, 0) is 130 Å². The summed E-state index contributed by atoms with van der Waals surface area (Å²) in [5.41, 5.74) is 4.53. The predicted molar refractivity (Wildman–Crippen MR) is 284 cm³/mol. The van der Waals surface area contributed by atoms with Crippen molar-refractivity contribution in [3.05, 3.63) is 163 Å². The molecule has 1 aromatic heterocycles. The van der Waals surface area contributed by atoms with E-state index in [1.165, 1.54) is 12.1 Å². The van der Waals surface area contributed by atoms with Crippen LogP contribution < -0.4 is 16.0 Å². The Morgan fingerprint density at radius 2 is 1.27 bits per heavy atom. The van der Waals surface area contributed by atoms with Gasteiger partial charge in [-0.25, -0.2) is 9.18 Å². The molecule has 11 nitrogen and oxygen atoms in total. The zero-order chi connectivity index (χ0) is 51.2. The molecule has 0 aliphatic carbocycles. The van der Waals surface area contributed by atoms with E-state index >= 15 is 0 Å². The number of rotatable bonds is 32. The van der Waals surface area contributed by atoms with Crippen molar-refractivity contribution >= 4 is 29.4 Å². The van der Waals surface area contributed by atoms with Crippen molar-refractivity contribution in [3.63, 3.8) is 0 Å². The first-order valence-corrected chi connectivity index (χ1v) is 25.2. The summed E-state index contributed by atoms with van der Waals surface area (Å²) in [6, 6.07) is 23.5. The van der Waals surface area contributed by atoms with Crippen molar-refractivity contribution in [1.82, 2.24) is 15.2 Å². The third kappa shape index (κ3) is 20.7. The van der Waals surface area contributed by atoms with Crippen molar-refractivity contribution in [2.24, 2.45) is 0 Å². The fourth-order valence-electron chi connectivity index (χ4n) is 8.26. The van der Waals surface area contributed by atoms with Gasteiger partial charge in [0.2, 0.25) is 11.8 Å². The Balaban J connectivity index is 1.23. The Labute approximate surface area is 420 Å². The van der Waals surface area contributed by atoms with Gasteiger partial charge in [0.05, 0.1) is 29.9 Å². The molecule has 0 bridgehead atoms. The number of para-hydroxylation sites is 1. The van der Waals surface area contributed by atoms with Crippen LogP contribution >= 0.6 is 0 Å². The molecule has 6 N–H and O–H groups in total. The maximum Gasteiger partial charge on any atom is 0.326 e. The summed E-state index contributed by atoms with van der Waals surface area (Å²) in [5, 5.41) is 40.5. The number of hydrogen-bond acceptors (Lipinski definition) is 6. The molecule has 3 amide bonds. The van der Waals surface area contributed by atoms with E-state index in [4.69, 9.17) is 0 Å². The highest BCUT2D eigenvalue weighted by Crippen LogP contribution is 2.42. The molecular formula is C59H75FN4O7. The van der Waals surface area contributed by atoms with Crippen LogP contribution in [0.5, 0.6) is 0 Å². The van der Waals surface area contributed by atoms with Crippen LogP contribution in [0.4, 0.5) is 10.1 Å². The van der Waals surface area contributed by atoms with Crippen LogP contribution in [-0.2, 0) is 20.9 Å². The highest BCUT2D eigenvalue weighted by atomic mass is 19.1. The second-order valence-electron chi connectivity index (χ2n) is 17.9. The van der Waals surface area contributed by atoms with Crippen molar-refractivity contribution in [3.8, 4) is 22.4 Å². The van der Waals surface area contributed by atoms with Gasteiger partial charge in [-0.15, -0.1) is 0 Å². The van der Waals surface area contributed by atoms with Gasteiger partial charge < -0.3 is 35.8 Å². The molecule has 1 heterocycles. The normalized spacial score (nSPS) is 13.2. The number of benzene rings is 3. The lowest BCUT2D eigenvalue weighted by Crippen LogP contribution is -2.42. The van der Waals surface area contributed by atoms with Crippen molar-refractivity contribution in [1.29, 1.82) is 0 Å². The lowest BCUT2D eigenvalue weighted by atomic mass is 9.94. The Kier molecular flexibility index (Phi) is 25.9. The maximum atomic E-state index is 14.4. The number of halogens is 1. The summed E-state index contributed by atoms with van der Waals surface area (Å²) in [7, 11) is 0. The predicted octanol–water partition coefficient (Wildman–Crippen LogP) is 12.0. The lowest BCUT2D eigenvalue weighted by Gasteiger charge is -2.21. The number of nitrogens with one attached hydrogen (secondary N) is 3. The lowest BCUT2D eigenvalue weighted by molar-refractivity contribution is -0.142. The van der Waals surface area contributed by atoms with Gasteiger partial charge in [-0.1, -0.05) is 130 Å². The number of aliphatic carboxylic acids is 1. The highest BCUT2D eigenvalue weighted by molar-refractivity contribution is 6.12. The molecule has 0 aliphatic rings. The molecule has 0 fully saturated rings. The van der Waals surface area contributed by atoms with Gasteiger partial charge in [-0.2, -0.15) is 0 Å². The minimum atomic E-state index is -1.27. The molecular weight excluding hydrogens is 896 g/mol. The number of nitrogens with zero attached hydrogens (tertiary/aromatic N) is 1. The van der Waals surface area contributed by atoms with E-state index in [0.717, 1.165) is 50.5 Å². The average Bonchev–Trinajstić information content (AvgIpc) is 3.70. The largest absolute Gasteiger partial charge is 0.480 e. The Hall–Kier alpha value is -6.63. The third-order valence-corrected chi connectivity index (χ3v) is 11.7. The van der Waals surface area contributed by atoms with Crippen LogP contribution in [0, 0.1) is 5.82 Å². The number of aliphatic hydroxyl groups is 2. The minimum absolute atomic E-state index is 0.0634. The molecule has 0 saturated heterocycles. The van der Waals surface area contributed by atoms with E-state index < -0.39 is 42.4 Å². The highest BCUT2D eigenvalue weighted by Gasteiger charge is 2.31. The zero-order valence-corrected chi connectivity index (χ0v) is 41.8. The third-order valence-electron chi connectivity index (χ3n) is 11.7. The van der Waals surface area contributed by atoms with Crippen LogP contribution in [0.3, 0.4) is 0 Å². The first-order chi connectivity index (χ1) is 34.4. The van der Waals surface area contributed by atoms with Crippen molar-refractivity contribution in [2.75, 3.05) is 11.9 Å². The van der Waals surface area contributed by atoms with Gasteiger partial charge in [0.1, 0.15) is 11.9 Å². The summed E-state index contributed by atoms with van der Waals surface area (Å²) in [5.74, 6) is -2.84. The quantitative estimate of drug-likeness (QED) is 0.0209. The number of anilines is 1. The molecule has 0 aliphatic heterocycles. The van der Waals surface area contributed by atoms with E-state index in [2.05, 4.69) is 83.6 Å². The Bertz CT molecular complexity index is 2390. The standard InChI is InChI=1S/C59H75FN4O7/c1-4-5-6-7-8-9-10-11-12-13-14-15-16-17-18-19-26-34-52(67)61-40-28-27-33-51(59(70)71)63-53(68)43-50(66)42-49(65)39-41-64-56(44(2)3)55(58(69)62-48-31-24-21-25-32-48)54(45-29-22-20-23-30-45)57(64)46-35-37-47(60)38-36-46/h5-6,8-9,11-12,14-15,17-18,20-25,29-32,35-38,44,49-51,65-66H,4,7,10,13,16,19,26-28,33-34,39-43H2,1-3H3,(H,61,67)(H,62,69)(H,63,68)(H,70,71)/t49-,50-,51?/m1/s1. The van der Waals surface area contributed by atoms with Crippen LogP contribution in [0.15, 0.2) is 146 Å². The molecule has 4 aromatic rings. The first-order valence-electron chi connectivity index (χ1n) is 25.2. The fourth-order valence-corrected chi connectivity index (χ4v) is 8.26. The van der Waals surface area contributed by atoms with E-state index in [1.54, 1.807) is 24.3 Å². The molecule has 4 rings (SSSR count). The molecule has 0 spiro atoms. The zero-order valence-electron chi connectivity index (χ0n) is 41.8.